The Morgan fingerprint density at radius 2 is 2.18 bits per heavy atom. The molecule has 0 radical (unpaired) electrons. The Hall–Kier alpha value is -0.300. The number of ether oxygens (including phenoxy) is 2. The molecule has 5 nitrogen and oxygen atoms in total. The van der Waals surface area contributed by atoms with Gasteiger partial charge in [-0.1, -0.05) is 0 Å². The summed E-state index contributed by atoms with van der Waals surface area (Å²) < 4.78 is 10.3. The number of thioether (sulfide) groups is 1. The fourth-order valence-electron chi connectivity index (χ4n) is 1.14. The molecule has 102 valence electrons. The minimum absolute atomic E-state index is 0.00151. The minimum atomic E-state index is -0.547. The van der Waals surface area contributed by atoms with E-state index in [2.05, 4.69) is 5.32 Å². The fraction of sp³-hybridized carbons (Fsp3) is 0.909. The highest BCUT2D eigenvalue weighted by atomic mass is 32.2. The maximum atomic E-state index is 11.1. The van der Waals surface area contributed by atoms with E-state index < -0.39 is 6.10 Å². The summed E-state index contributed by atoms with van der Waals surface area (Å²) in [5.41, 5.74) is 0. The van der Waals surface area contributed by atoms with Crippen LogP contribution in [0, 0.1) is 0 Å². The van der Waals surface area contributed by atoms with Gasteiger partial charge in [-0.15, -0.1) is 11.8 Å². The average Bonchev–Trinajstić information content (AvgIpc) is 2.27. The van der Waals surface area contributed by atoms with Gasteiger partial charge in [0, 0.05) is 19.4 Å². The predicted molar refractivity (Wildman–Crippen MR) is 69.3 cm³/mol. The second-order valence-corrected chi connectivity index (χ2v) is 4.75. The molecule has 0 heterocycles. The maximum absolute atomic E-state index is 11.1. The van der Waals surface area contributed by atoms with Gasteiger partial charge in [0.1, 0.15) is 0 Å². The van der Waals surface area contributed by atoms with Crippen LogP contribution in [0.5, 0.6) is 0 Å². The van der Waals surface area contributed by atoms with Gasteiger partial charge in [0.15, 0.2) is 0 Å². The summed E-state index contributed by atoms with van der Waals surface area (Å²) in [5.74, 6) is 0.869. The summed E-state index contributed by atoms with van der Waals surface area (Å²) in [6, 6.07) is 0. The zero-order valence-electron chi connectivity index (χ0n) is 10.8. The third-order valence-electron chi connectivity index (χ3n) is 1.89. The number of hydrogen-bond donors (Lipinski definition) is 2. The Bertz CT molecular complexity index is 204. The van der Waals surface area contributed by atoms with Crippen LogP contribution in [0.1, 0.15) is 13.8 Å². The Labute approximate surface area is 107 Å². The summed E-state index contributed by atoms with van der Waals surface area (Å²) >= 11 is 1.40. The largest absolute Gasteiger partial charge is 0.390 e. The third kappa shape index (κ3) is 10.6. The zero-order chi connectivity index (χ0) is 13.1. The van der Waals surface area contributed by atoms with Gasteiger partial charge in [0.05, 0.1) is 31.2 Å². The average molecular weight is 265 g/mol. The number of carbonyl (C=O) groups excluding carboxylic acids is 1. The van der Waals surface area contributed by atoms with E-state index in [4.69, 9.17) is 9.47 Å². The quantitative estimate of drug-likeness (QED) is 0.593. The van der Waals surface area contributed by atoms with Crippen LogP contribution in [-0.4, -0.2) is 61.6 Å². The van der Waals surface area contributed by atoms with Crippen molar-refractivity contribution in [2.24, 2.45) is 0 Å². The number of aliphatic hydroxyl groups is 1. The second-order valence-electron chi connectivity index (χ2n) is 3.72. The first kappa shape index (κ1) is 16.7. The molecule has 0 aromatic heterocycles. The summed E-state index contributed by atoms with van der Waals surface area (Å²) in [5, 5.41) is 12.3. The number of nitrogens with one attached hydrogen (secondary N) is 1. The smallest absolute Gasteiger partial charge is 0.229 e. The van der Waals surface area contributed by atoms with E-state index in [1.807, 2.05) is 13.8 Å². The lowest BCUT2D eigenvalue weighted by Crippen LogP contribution is -2.27. The van der Waals surface area contributed by atoms with E-state index in [9.17, 15) is 9.90 Å². The lowest BCUT2D eigenvalue weighted by Gasteiger charge is -2.15. The molecule has 1 amide bonds. The Balaban J connectivity index is 3.46. The Morgan fingerprint density at radius 1 is 1.47 bits per heavy atom. The van der Waals surface area contributed by atoms with Crippen molar-refractivity contribution in [2.75, 3.05) is 38.4 Å². The first-order valence-electron chi connectivity index (χ1n) is 5.73. The molecule has 0 aromatic rings. The molecule has 0 aromatic carbocycles. The van der Waals surface area contributed by atoms with Gasteiger partial charge in [0.25, 0.3) is 0 Å². The molecule has 0 bridgehead atoms. The number of carbonyl (C=O) groups is 1. The molecule has 0 spiro atoms. The van der Waals surface area contributed by atoms with Crippen molar-refractivity contribution in [2.45, 2.75) is 26.1 Å². The zero-order valence-corrected chi connectivity index (χ0v) is 11.6. The molecular weight excluding hydrogens is 242 g/mol. The minimum Gasteiger partial charge on any atom is -0.390 e. The standard InChI is InChI=1S/C11H23NO4S/c1-4-12-11(14)8-17-7-10(13)6-16-9(2)5-15-3/h9-10,13H,4-8H2,1-3H3,(H,12,14). The van der Waals surface area contributed by atoms with Gasteiger partial charge in [-0.3, -0.25) is 4.79 Å². The fourth-order valence-corrected chi connectivity index (χ4v) is 1.92. The number of methoxy groups -OCH3 is 1. The third-order valence-corrected chi connectivity index (χ3v) is 2.98. The van der Waals surface area contributed by atoms with Gasteiger partial charge < -0.3 is 19.9 Å². The summed E-state index contributed by atoms with van der Waals surface area (Å²) in [6.07, 6.45) is -0.572. The van der Waals surface area contributed by atoms with Crippen molar-refractivity contribution in [3.8, 4) is 0 Å². The van der Waals surface area contributed by atoms with Gasteiger partial charge in [-0.25, -0.2) is 0 Å². The molecule has 17 heavy (non-hydrogen) atoms. The van der Waals surface area contributed by atoms with Crippen LogP contribution in [0.25, 0.3) is 0 Å². The van der Waals surface area contributed by atoms with E-state index in [0.29, 0.717) is 24.7 Å². The van der Waals surface area contributed by atoms with Crippen LogP contribution >= 0.6 is 11.8 Å². The molecule has 2 atom stereocenters. The molecule has 0 rings (SSSR count). The van der Waals surface area contributed by atoms with Crippen molar-refractivity contribution < 1.29 is 19.4 Å². The molecule has 0 aliphatic heterocycles. The Kier molecular flexibility index (Phi) is 10.6. The lowest BCUT2D eigenvalue weighted by molar-refractivity contribution is -0.118. The molecule has 0 aliphatic carbocycles. The number of aliphatic hydroxyl groups excluding tert-OH is 1. The Morgan fingerprint density at radius 3 is 2.76 bits per heavy atom. The molecule has 0 aliphatic rings. The van der Waals surface area contributed by atoms with Gasteiger partial charge in [-0.2, -0.15) is 0 Å². The highest BCUT2D eigenvalue weighted by molar-refractivity contribution is 7.99. The first-order chi connectivity index (χ1) is 8.10. The summed E-state index contributed by atoms with van der Waals surface area (Å²) in [7, 11) is 1.61. The predicted octanol–water partition coefficient (Wildman–Crippen LogP) is 0.268. The topological polar surface area (TPSA) is 67.8 Å². The molecule has 0 saturated carbocycles. The van der Waals surface area contributed by atoms with Crippen LogP contribution in [0.15, 0.2) is 0 Å². The van der Waals surface area contributed by atoms with E-state index in [1.54, 1.807) is 7.11 Å². The van der Waals surface area contributed by atoms with Crippen molar-refractivity contribution in [1.82, 2.24) is 5.32 Å². The summed E-state index contributed by atoms with van der Waals surface area (Å²) in [4.78, 5) is 11.1. The summed E-state index contributed by atoms with van der Waals surface area (Å²) in [6.45, 7) is 5.19. The molecule has 6 heteroatoms. The van der Waals surface area contributed by atoms with Crippen LogP contribution < -0.4 is 5.32 Å². The lowest BCUT2D eigenvalue weighted by atomic mass is 10.4. The molecule has 0 fully saturated rings. The van der Waals surface area contributed by atoms with Gasteiger partial charge in [0.2, 0.25) is 5.91 Å². The highest BCUT2D eigenvalue weighted by Crippen LogP contribution is 2.04. The number of rotatable bonds is 10. The van der Waals surface area contributed by atoms with E-state index in [-0.39, 0.29) is 18.6 Å². The van der Waals surface area contributed by atoms with Gasteiger partial charge >= 0.3 is 0 Å². The number of amides is 1. The van der Waals surface area contributed by atoms with Gasteiger partial charge in [-0.05, 0) is 13.8 Å². The van der Waals surface area contributed by atoms with E-state index in [0.717, 1.165) is 0 Å². The van der Waals surface area contributed by atoms with Crippen LogP contribution in [0.4, 0.5) is 0 Å². The van der Waals surface area contributed by atoms with Crippen molar-refractivity contribution in [1.29, 1.82) is 0 Å². The normalized spacial score (nSPS) is 14.4. The van der Waals surface area contributed by atoms with Crippen LogP contribution in [0.3, 0.4) is 0 Å². The van der Waals surface area contributed by atoms with Crippen LogP contribution in [-0.2, 0) is 14.3 Å². The highest BCUT2D eigenvalue weighted by Gasteiger charge is 2.09. The maximum Gasteiger partial charge on any atom is 0.229 e. The molecule has 0 saturated heterocycles. The van der Waals surface area contributed by atoms with Crippen LogP contribution in [0.2, 0.25) is 0 Å². The van der Waals surface area contributed by atoms with E-state index >= 15 is 0 Å². The van der Waals surface area contributed by atoms with E-state index in [1.165, 1.54) is 11.8 Å². The van der Waals surface area contributed by atoms with Crippen molar-refractivity contribution in [3.63, 3.8) is 0 Å². The SMILES string of the molecule is CCNC(=O)CSCC(O)COC(C)COC. The molecule has 2 N–H and O–H groups in total. The molecular formula is C11H23NO4S. The number of hydrogen-bond acceptors (Lipinski definition) is 5. The molecule has 2 unspecified atom stereocenters. The van der Waals surface area contributed by atoms with Crippen molar-refractivity contribution in [3.05, 3.63) is 0 Å². The first-order valence-corrected chi connectivity index (χ1v) is 6.88. The van der Waals surface area contributed by atoms with Crippen molar-refractivity contribution >= 4 is 17.7 Å². The second kappa shape index (κ2) is 10.8. The monoisotopic (exact) mass is 265 g/mol.